The summed E-state index contributed by atoms with van der Waals surface area (Å²) >= 11 is 0. The zero-order valence-corrected chi connectivity index (χ0v) is 11.8. The molecule has 2 amide bonds. The number of nitrogens with zero attached hydrogens (tertiary/aromatic N) is 1. The van der Waals surface area contributed by atoms with Crippen LogP contribution in [0.4, 0.5) is 5.69 Å². The lowest BCUT2D eigenvalue weighted by Gasteiger charge is -2.25. The van der Waals surface area contributed by atoms with Gasteiger partial charge in [0.15, 0.2) is 0 Å². The fraction of sp³-hybridized carbons (Fsp3) is 0.500. The summed E-state index contributed by atoms with van der Waals surface area (Å²) in [5, 5.41) is 2.92. The van der Waals surface area contributed by atoms with Crippen molar-refractivity contribution in [3.05, 3.63) is 29.8 Å². The van der Waals surface area contributed by atoms with Crippen molar-refractivity contribution < 1.29 is 9.59 Å². The summed E-state index contributed by atoms with van der Waals surface area (Å²) in [5.74, 6) is 0.258. The fourth-order valence-corrected chi connectivity index (χ4v) is 2.76. The normalized spacial score (nSPS) is 22.2. The van der Waals surface area contributed by atoms with E-state index < -0.39 is 0 Å². The SMILES string of the molecule is CCCCN1C(=O)C(C2CC2)NC(=O)c2ccccc21. The van der Waals surface area contributed by atoms with Gasteiger partial charge < -0.3 is 10.2 Å². The average Bonchev–Trinajstić information content (AvgIpc) is 3.29. The monoisotopic (exact) mass is 272 g/mol. The second-order valence-electron chi connectivity index (χ2n) is 5.65. The van der Waals surface area contributed by atoms with Crippen LogP contribution in [0.3, 0.4) is 0 Å². The van der Waals surface area contributed by atoms with E-state index in [0.29, 0.717) is 18.0 Å². The third-order valence-electron chi connectivity index (χ3n) is 4.09. The molecule has 1 aromatic carbocycles. The number of benzene rings is 1. The number of nitrogens with one attached hydrogen (secondary N) is 1. The zero-order valence-electron chi connectivity index (χ0n) is 11.8. The lowest BCUT2D eigenvalue weighted by molar-refractivity contribution is -0.120. The fourth-order valence-electron chi connectivity index (χ4n) is 2.76. The first kappa shape index (κ1) is 13.2. The van der Waals surface area contributed by atoms with Crippen LogP contribution < -0.4 is 10.2 Å². The molecule has 1 atom stereocenters. The maximum atomic E-state index is 12.8. The van der Waals surface area contributed by atoms with Gasteiger partial charge in [-0.3, -0.25) is 9.59 Å². The van der Waals surface area contributed by atoms with Crippen molar-refractivity contribution in [1.29, 1.82) is 0 Å². The highest BCUT2D eigenvalue weighted by molar-refractivity contribution is 6.11. The quantitative estimate of drug-likeness (QED) is 0.914. The summed E-state index contributed by atoms with van der Waals surface area (Å²) < 4.78 is 0. The Morgan fingerprint density at radius 2 is 2.00 bits per heavy atom. The summed E-state index contributed by atoms with van der Waals surface area (Å²) in [5.41, 5.74) is 1.37. The minimum atomic E-state index is -0.341. The summed E-state index contributed by atoms with van der Waals surface area (Å²) in [6.07, 6.45) is 4.05. The van der Waals surface area contributed by atoms with E-state index in [0.717, 1.165) is 31.4 Å². The summed E-state index contributed by atoms with van der Waals surface area (Å²) in [7, 11) is 0. The van der Waals surface area contributed by atoms with Crippen LogP contribution >= 0.6 is 0 Å². The number of amides is 2. The molecule has 1 saturated carbocycles. The molecule has 3 rings (SSSR count). The first-order valence-corrected chi connectivity index (χ1v) is 7.43. The van der Waals surface area contributed by atoms with E-state index in [-0.39, 0.29) is 17.9 Å². The predicted octanol–water partition coefficient (Wildman–Crippen LogP) is 2.34. The highest BCUT2D eigenvalue weighted by atomic mass is 16.2. The van der Waals surface area contributed by atoms with E-state index in [1.165, 1.54) is 0 Å². The van der Waals surface area contributed by atoms with Crippen LogP contribution in [-0.4, -0.2) is 24.4 Å². The van der Waals surface area contributed by atoms with Crippen LogP contribution in [0.1, 0.15) is 43.0 Å². The van der Waals surface area contributed by atoms with Crippen molar-refractivity contribution in [3.8, 4) is 0 Å². The van der Waals surface area contributed by atoms with Gasteiger partial charge in [-0.05, 0) is 37.3 Å². The molecule has 0 radical (unpaired) electrons. The Labute approximate surface area is 119 Å². The van der Waals surface area contributed by atoms with Crippen LogP contribution in [0, 0.1) is 5.92 Å². The maximum absolute atomic E-state index is 12.8. The molecule has 1 aliphatic carbocycles. The molecular weight excluding hydrogens is 252 g/mol. The van der Waals surface area contributed by atoms with Gasteiger partial charge in [0.2, 0.25) is 5.91 Å². The molecule has 4 nitrogen and oxygen atoms in total. The number of hydrogen-bond acceptors (Lipinski definition) is 2. The van der Waals surface area contributed by atoms with Crippen LogP contribution in [0.2, 0.25) is 0 Å². The maximum Gasteiger partial charge on any atom is 0.254 e. The van der Waals surface area contributed by atoms with Crippen molar-refractivity contribution in [2.24, 2.45) is 5.92 Å². The average molecular weight is 272 g/mol. The van der Waals surface area contributed by atoms with Gasteiger partial charge in [-0.15, -0.1) is 0 Å². The van der Waals surface area contributed by atoms with E-state index >= 15 is 0 Å². The minimum Gasteiger partial charge on any atom is -0.340 e. The Hall–Kier alpha value is -1.84. The van der Waals surface area contributed by atoms with E-state index in [1.54, 1.807) is 11.0 Å². The van der Waals surface area contributed by atoms with Gasteiger partial charge in [-0.1, -0.05) is 25.5 Å². The number of carbonyl (C=O) groups is 2. The van der Waals surface area contributed by atoms with Crippen molar-refractivity contribution in [3.63, 3.8) is 0 Å². The highest BCUT2D eigenvalue weighted by Crippen LogP contribution is 2.36. The van der Waals surface area contributed by atoms with Crippen LogP contribution in [0.25, 0.3) is 0 Å². The molecule has 0 saturated heterocycles. The summed E-state index contributed by atoms with van der Waals surface area (Å²) in [6.45, 7) is 2.79. The van der Waals surface area contributed by atoms with Crippen molar-refractivity contribution in [2.45, 2.75) is 38.6 Å². The van der Waals surface area contributed by atoms with E-state index in [1.807, 2.05) is 18.2 Å². The number of carbonyl (C=O) groups excluding carboxylic acids is 2. The van der Waals surface area contributed by atoms with Crippen LogP contribution in [-0.2, 0) is 4.79 Å². The molecular formula is C16H20N2O2. The Kier molecular flexibility index (Phi) is 3.47. The van der Waals surface area contributed by atoms with Gasteiger partial charge >= 0.3 is 0 Å². The van der Waals surface area contributed by atoms with E-state index in [9.17, 15) is 9.59 Å². The van der Waals surface area contributed by atoms with Crippen molar-refractivity contribution in [1.82, 2.24) is 5.32 Å². The first-order valence-electron chi connectivity index (χ1n) is 7.43. The topological polar surface area (TPSA) is 49.4 Å². The second kappa shape index (κ2) is 5.27. The third-order valence-corrected chi connectivity index (χ3v) is 4.09. The molecule has 1 heterocycles. The standard InChI is InChI=1S/C16H20N2O2/c1-2-3-10-18-13-7-5-4-6-12(13)15(19)17-14(16(18)20)11-8-9-11/h4-7,11,14H,2-3,8-10H2,1H3,(H,17,19). The molecule has 4 heteroatoms. The number of fused-ring (bicyclic) bond motifs is 1. The molecule has 1 unspecified atom stereocenters. The van der Waals surface area contributed by atoms with Gasteiger partial charge in [-0.25, -0.2) is 0 Å². The van der Waals surface area contributed by atoms with E-state index in [2.05, 4.69) is 12.2 Å². The number of rotatable bonds is 4. The Morgan fingerprint density at radius 3 is 2.70 bits per heavy atom. The molecule has 1 aliphatic heterocycles. The smallest absolute Gasteiger partial charge is 0.254 e. The molecule has 0 bridgehead atoms. The molecule has 1 fully saturated rings. The molecule has 1 aromatic rings. The largest absolute Gasteiger partial charge is 0.340 e. The number of unbranched alkanes of at least 4 members (excludes halogenated alkanes) is 1. The lowest BCUT2D eigenvalue weighted by Crippen LogP contribution is -2.47. The van der Waals surface area contributed by atoms with E-state index in [4.69, 9.17) is 0 Å². The third kappa shape index (κ3) is 2.30. The number of para-hydroxylation sites is 1. The molecule has 106 valence electrons. The zero-order chi connectivity index (χ0) is 14.1. The molecule has 2 aliphatic rings. The number of anilines is 1. The molecule has 20 heavy (non-hydrogen) atoms. The van der Waals surface area contributed by atoms with Crippen LogP contribution in [0.5, 0.6) is 0 Å². The molecule has 1 N–H and O–H groups in total. The molecule has 0 aromatic heterocycles. The van der Waals surface area contributed by atoms with Crippen molar-refractivity contribution >= 4 is 17.5 Å². The highest BCUT2D eigenvalue weighted by Gasteiger charge is 2.42. The van der Waals surface area contributed by atoms with Crippen molar-refractivity contribution in [2.75, 3.05) is 11.4 Å². The predicted molar refractivity (Wildman–Crippen MR) is 77.7 cm³/mol. The van der Waals surface area contributed by atoms with Gasteiger partial charge in [0.1, 0.15) is 6.04 Å². The van der Waals surface area contributed by atoms with Gasteiger partial charge in [0.05, 0.1) is 11.3 Å². The Bertz CT molecular complexity index is 537. The Morgan fingerprint density at radius 1 is 1.25 bits per heavy atom. The van der Waals surface area contributed by atoms with Gasteiger partial charge in [0, 0.05) is 6.54 Å². The first-order chi connectivity index (χ1) is 9.72. The Balaban J connectivity index is 1.99. The summed E-state index contributed by atoms with van der Waals surface area (Å²) in [4.78, 5) is 26.9. The van der Waals surface area contributed by atoms with Gasteiger partial charge in [0.25, 0.3) is 5.91 Å². The molecule has 0 spiro atoms. The van der Waals surface area contributed by atoms with Gasteiger partial charge in [-0.2, -0.15) is 0 Å². The number of hydrogen-bond donors (Lipinski definition) is 1. The minimum absolute atomic E-state index is 0.0549. The lowest BCUT2D eigenvalue weighted by atomic mass is 10.1. The van der Waals surface area contributed by atoms with Crippen LogP contribution in [0.15, 0.2) is 24.3 Å². The summed E-state index contributed by atoms with van der Waals surface area (Å²) in [6, 6.07) is 7.06. The second-order valence-corrected chi connectivity index (χ2v) is 5.65.